The molecule has 2 N–H and O–H groups in total. The van der Waals surface area contributed by atoms with Gasteiger partial charge in [-0.3, -0.25) is 0 Å². The van der Waals surface area contributed by atoms with Crippen molar-refractivity contribution in [3.05, 3.63) is 0 Å². The number of hydrogen-bond acceptors (Lipinski definition) is 3. The Balaban J connectivity index is 1.68. The van der Waals surface area contributed by atoms with Gasteiger partial charge in [0, 0.05) is 18.1 Å². The Hall–Kier alpha value is -0.770. The second-order valence-electron chi connectivity index (χ2n) is 9.29. The molecule has 0 saturated heterocycles. The molecule has 0 spiro atoms. The van der Waals surface area contributed by atoms with Crippen molar-refractivity contribution in [1.29, 1.82) is 0 Å². The molecule has 1 amide bonds. The molecule has 2 rings (SSSR count). The first-order chi connectivity index (χ1) is 10.0. The maximum absolute atomic E-state index is 11.7. The van der Waals surface area contributed by atoms with Gasteiger partial charge in [-0.2, -0.15) is 0 Å². The van der Waals surface area contributed by atoms with Crippen LogP contribution in [0.3, 0.4) is 0 Å². The number of alkyl carbamates (subject to hydrolysis) is 1. The highest BCUT2D eigenvalue weighted by Crippen LogP contribution is 2.39. The number of carbonyl (C=O) groups is 1. The Kier molecular flexibility index (Phi) is 5.10. The first-order valence-electron chi connectivity index (χ1n) is 8.78. The van der Waals surface area contributed by atoms with Crippen molar-refractivity contribution >= 4 is 6.09 Å². The van der Waals surface area contributed by atoms with Gasteiger partial charge in [-0.15, -0.1) is 0 Å². The molecule has 0 bridgehead atoms. The van der Waals surface area contributed by atoms with E-state index in [4.69, 9.17) is 4.74 Å². The zero-order valence-corrected chi connectivity index (χ0v) is 15.2. The third kappa shape index (κ3) is 5.45. The molecule has 2 saturated carbocycles. The van der Waals surface area contributed by atoms with E-state index < -0.39 is 5.60 Å². The molecule has 2 aliphatic carbocycles. The van der Waals surface area contributed by atoms with Crippen LogP contribution in [0.5, 0.6) is 0 Å². The molecule has 0 aliphatic heterocycles. The van der Waals surface area contributed by atoms with Crippen molar-refractivity contribution in [3.8, 4) is 0 Å². The van der Waals surface area contributed by atoms with Crippen LogP contribution in [0.2, 0.25) is 0 Å². The van der Waals surface area contributed by atoms with Crippen molar-refractivity contribution in [3.63, 3.8) is 0 Å². The fourth-order valence-electron chi connectivity index (χ4n) is 4.15. The maximum atomic E-state index is 11.7. The van der Waals surface area contributed by atoms with Gasteiger partial charge in [-0.25, -0.2) is 4.79 Å². The lowest BCUT2D eigenvalue weighted by Crippen LogP contribution is -2.56. The molecule has 0 aromatic carbocycles. The Labute approximate surface area is 135 Å². The summed E-state index contributed by atoms with van der Waals surface area (Å²) in [6.07, 6.45) is 5.62. The van der Waals surface area contributed by atoms with Gasteiger partial charge >= 0.3 is 6.09 Å². The van der Waals surface area contributed by atoms with Crippen molar-refractivity contribution in [2.24, 2.45) is 11.3 Å². The van der Waals surface area contributed by atoms with E-state index in [0.717, 1.165) is 18.8 Å². The number of nitrogens with one attached hydrogen (secondary N) is 2. The van der Waals surface area contributed by atoms with E-state index in [1.54, 1.807) is 0 Å². The Morgan fingerprint density at radius 1 is 1.05 bits per heavy atom. The predicted molar refractivity (Wildman–Crippen MR) is 89.9 cm³/mol. The minimum Gasteiger partial charge on any atom is -0.444 e. The van der Waals surface area contributed by atoms with Gasteiger partial charge in [0.15, 0.2) is 0 Å². The quantitative estimate of drug-likeness (QED) is 0.832. The minimum absolute atomic E-state index is 0.265. The standard InChI is InChI=1S/C18H34N2O2/c1-12-7-15(11-18(5,6)10-12)19-13-8-14(9-13)20-16(21)22-17(2,3)4/h12-15,19H,7-11H2,1-6H3,(H,20,21). The van der Waals surface area contributed by atoms with E-state index in [1.165, 1.54) is 19.3 Å². The van der Waals surface area contributed by atoms with E-state index in [9.17, 15) is 4.79 Å². The minimum atomic E-state index is -0.421. The van der Waals surface area contributed by atoms with Crippen LogP contribution in [0.25, 0.3) is 0 Å². The molecule has 2 fully saturated rings. The van der Waals surface area contributed by atoms with E-state index in [-0.39, 0.29) is 12.1 Å². The van der Waals surface area contributed by atoms with Gasteiger partial charge in [0.1, 0.15) is 5.60 Å². The van der Waals surface area contributed by atoms with Crippen molar-refractivity contribution in [1.82, 2.24) is 10.6 Å². The first kappa shape index (κ1) is 17.6. The summed E-state index contributed by atoms with van der Waals surface area (Å²) >= 11 is 0. The summed E-state index contributed by atoms with van der Waals surface area (Å²) in [5, 5.41) is 6.76. The van der Waals surface area contributed by atoms with Gasteiger partial charge in [0.2, 0.25) is 0 Å². The fraction of sp³-hybridized carbons (Fsp3) is 0.944. The number of rotatable bonds is 3. The predicted octanol–water partition coefficient (Wildman–Crippen LogP) is 3.85. The SMILES string of the molecule is CC1CC(NC2CC(NC(=O)OC(C)(C)C)C2)CC(C)(C)C1. The first-order valence-corrected chi connectivity index (χ1v) is 8.78. The molecule has 22 heavy (non-hydrogen) atoms. The molecule has 0 heterocycles. The smallest absolute Gasteiger partial charge is 0.407 e. The van der Waals surface area contributed by atoms with Crippen molar-refractivity contribution < 1.29 is 9.53 Å². The molecule has 0 aromatic heterocycles. The van der Waals surface area contributed by atoms with Crippen LogP contribution in [0, 0.1) is 11.3 Å². The van der Waals surface area contributed by atoms with Gasteiger partial charge in [0.05, 0.1) is 0 Å². The topological polar surface area (TPSA) is 50.4 Å². The molecular weight excluding hydrogens is 276 g/mol. The molecule has 4 nitrogen and oxygen atoms in total. The highest BCUT2D eigenvalue weighted by atomic mass is 16.6. The number of amides is 1. The molecule has 4 heteroatoms. The molecule has 2 atom stereocenters. The molecule has 0 radical (unpaired) electrons. The second kappa shape index (κ2) is 6.38. The van der Waals surface area contributed by atoms with Crippen LogP contribution in [0.15, 0.2) is 0 Å². The van der Waals surface area contributed by atoms with E-state index in [0.29, 0.717) is 17.5 Å². The molecule has 2 aliphatic rings. The normalized spacial score (nSPS) is 34.6. The Morgan fingerprint density at radius 2 is 1.68 bits per heavy atom. The van der Waals surface area contributed by atoms with Gasteiger partial charge in [-0.1, -0.05) is 20.8 Å². The fourth-order valence-corrected chi connectivity index (χ4v) is 4.15. The van der Waals surface area contributed by atoms with Crippen molar-refractivity contribution in [2.75, 3.05) is 0 Å². The monoisotopic (exact) mass is 310 g/mol. The summed E-state index contributed by atoms with van der Waals surface area (Å²) in [4.78, 5) is 11.7. The number of carbonyl (C=O) groups excluding carboxylic acids is 1. The summed E-state index contributed by atoms with van der Waals surface area (Å²) in [6, 6.07) is 1.44. The zero-order valence-electron chi connectivity index (χ0n) is 15.2. The maximum Gasteiger partial charge on any atom is 0.407 e. The van der Waals surface area contributed by atoms with Crippen LogP contribution < -0.4 is 10.6 Å². The summed E-state index contributed by atoms with van der Waals surface area (Å²) in [5.74, 6) is 0.803. The largest absolute Gasteiger partial charge is 0.444 e. The van der Waals surface area contributed by atoms with Crippen LogP contribution in [-0.4, -0.2) is 29.8 Å². The average Bonchev–Trinajstić information content (AvgIpc) is 2.20. The summed E-state index contributed by atoms with van der Waals surface area (Å²) in [7, 11) is 0. The van der Waals surface area contributed by atoms with Crippen LogP contribution in [0.1, 0.15) is 73.6 Å². The van der Waals surface area contributed by atoms with E-state index in [2.05, 4.69) is 31.4 Å². The summed E-state index contributed by atoms with van der Waals surface area (Å²) < 4.78 is 5.30. The van der Waals surface area contributed by atoms with Gasteiger partial charge in [-0.05, 0) is 64.2 Å². The lowest BCUT2D eigenvalue weighted by Gasteiger charge is -2.44. The zero-order chi connectivity index (χ0) is 16.5. The van der Waals surface area contributed by atoms with Crippen LogP contribution in [0.4, 0.5) is 4.79 Å². The van der Waals surface area contributed by atoms with Gasteiger partial charge in [0.25, 0.3) is 0 Å². The lowest BCUT2D eigenvalue weighted by atomic mass is 9.70. The molecule has 128 valence electrons. The average molecular weight is 310 g/mol. The molecule has 0 aromatic rings. The Bertz CT molecular complexity index is 394. The third-order valence-corrected chi connectivity index (χ3v) is 4.72. The molecular formula is C18H34N2O2. The van der Waals surface area contributed by atoms with Crippen molar-refractivity contribution in [2.45, 2.75) is 97.4 Å². The number of hydrogen-bond donors (Lipinski definition) is 2. The summed E-state index contributed by atoms with van der Waals surface area (Å²) in [5.41, 5.74) is 0.0303. The van der Waals surface area contributed by atoms with Crippen LogP contribution >= 0.6 is 0 Å². The lowest BCUT2D eigenvalue weighted by molar-refractivity contribution is 0.0455. The van der Waals surface area contributed by atoms with E-state index in [1.807, 2.05) is 20.8 Å². The molecule has 2 unspecified atom stereocenters. The highest BCUT2D eigenvalue weighted by Gasteiger charge is 2.37. The number of ether oxygens (including phenoxy) is 1. The van der Waals surface area contributed by atoms with E-state index >= 15 is 0 Å². The van der Waals surface area contributed by atoms with Crippen LogP contribution in [-0.2, 0) is 4.74 Å². The highest BCUT2D eigenvalue weighted by molar-refractivity contribution is 5.68. The van der Waals surface area contributed by atoms with Gasteiger partial charge < -0.3 is 15.4 Å². The second-order valence-corrected chi connectivity index (χ2v) is 9.29. The third-order valence-electron chi connectivity index (χ3n) is 4.72. The summed E-state index contributed by atoms with van der Waals surface area (Å²) in [6.45, 7) is 12.8. The Morgan fingerprint density at radius 3 is 2.23 bits per heavy atom.